The number of thioether (sulfide) groups is 1. The minimum atomic E-state index is 0.636. The second-order valence-corrected chi connectivity index (χ2v) is 4.50. The van der Waals surface area contributed by atoms with Gasteiger partial charge in [-0.25, -0.2) is 0 Å². The fourth-order valence-corrected chi connectivity index (χ4v) is 2.51. The van der Waals surface area contributed by atoms with Crippen LogP contribution >= 0.6 is 23.4 Å². The maximum atomic E-state index is 5.55. The van der Waals surface area contributed by atoms with E-state index < -0.39 is 0 Å². The van der Waals surface area contributed by atoms with Gasteiger partial charge < -0.3 is 0 Å². The van der Waals surface area contributed by atoms with Gasteiger partial charge in [0.2, 0.25) is 0 Å². The van der Waals surface area contributed by atoms with Crippen molar-refractivity contribution < 1.29 is 0 Å². The molecule has 70 valence electrons. The van der Waals surface area contributed by atoms with Gasteiger partial charge in [-0.15, -0.1) is 11.6 Å². The second kappa shape index (κ2) is 5.90. The van der Waals surface area contributed by atoms with Crippen molar-refractivity contribution in [3.05, 3.63) is 12.2 Å². The lowest BCUT2D eigenvalue weighted by molar-refractivity contribution is 0.258. The van der Waals surface area contributed by atoms with Crippen LogP contribution in [0, 0.1) is 0 Å². The van der Waals surface area contributed by atoms with Crippen molar-refractivity contribution in [2.45, 2.75) is 13.0 Å². The molecule has 1 rings (SSSR count). The molecule has 3 heteroatoms. The Morgan fingerprint density at radius 2 is 2.42 bits per heavy atom. The molecule has 0 aromatic heterocycles. The minimum Gasteiger partial charge on any atom is -0.295 e. The van der Waals surface area contributed by atoms with E-state index in [1.807, 2.05) is 6.08 Å². The summed E-state index contributed by atoms with van der Waals surface area (Å²) in [7, 11) is 0. The van der Waals surface area contributed by atoms with Crippen LogP contribution in [0.3, 0.4) is 0 Å². The molecular formula is C9H16ClNS. The summed E-state index contributed by atoms with van der Waals surface area (Å²) in [5.41, 5.74) is 0. The maximum Gasteiger partial charge on any atom is 0.0404 e. The molecule has 1 aliphatic rings. The zero-order valence-electron chi connectivity index (χ0n) is 7.50. The van der Waals surface area contributed by atoms with Gasteiger partial charge in [0.1, 0.15) is 0 Å². The highest BCUT2D eigenvalue weighted by molar-refractivity contribution is 7.99. The van der Waals surface area contributed by atoms with Crippen LogP contribution in [0.5, 0.6) is 0 Å². The standard InChI is InChI=1S/C9H16ClNS/c1-9-8-12-7-6-11(9)5-3-2-4-10/h2-3,9H,4-8H2,1H3. The third-order valence-corrected chi connectivity index (χ3v) is 3.47. The highest BCUT2D eigenvalue weighted by atomic mass is 35.5. The van der Waals surface area contributed by atoms with Crippen molar-refractivity contribution in [2.24, 2.45) is 0 Å². The van der Waals surface area contributed by atoms with Gasteiger partial charge in [-0.2, -0.15) is 11.8 Å². The van der Waals surface area contributed by atoms with Crippen molar-refractivity contribution >= 4 is 23.4 Å². The highest BCUT2D eigenvalue weighted by Crippen LogP contribution is 2.15. The molecule has 1 heterocycles. The molecule has 0 spiro atoms. The Kier molecular flexibility index (Phi) is 5.12. The summed E-state index contributed by atoms with van der Waals surface area (Å²) >= 11 is 7.60. The van der Waals surface area contributed by atoms with Crippen LogP contribution in [0.15, 0.2) is 12.2 Å². The fraction of sp³-hybridized carbons (Fsp3) is 0.778. The number of rotatable bonds is 3. The molecule has 12 heavy (non-hydrogen) atoms. The van der Waals surface area contributed by atoms with E-state index in [4.69, 9.17) is 11.6 Å². The average Bonchev–Trinajstić information content (AvgIpc) is 2.09. The molecule has 0 radical (unpaired) electrons. The molecule has 1 fully saturated rings. The van der Waals surface area contributed by atoms with Crippen LogP contribution in [0.1, 0.15) is 6.92 Å². The van der Waals surface area contributed by atoms with Crippen molar-refractivity contribution in [3.63, 3.8) is 0 Å². The lowest BCUT2D eigenvalue weighted by Gasteiger charge is -2.31. The average molecular weight is 206 g/mol. The van der Waals surface area contributed by atoms with E-state index >= 15 is 0 Å². The smallest absolute Gasteiger partial charge is 0.0404 e. The predicted molar refractivity (Wildman–Crippen MR) is 58.2 cm³/mol. The first-order chi connectivity index (χ1) is 5.84. The molecule has 0 aromatic carbocycles. The molecule has 1 saturated heterocycles. The molecule has 1 nitrogen and oxygen atoms in total. The first kappa shape index (κ1) is 10.4. The summed E-state index contributed by atoms with van der Waals surface area (Å²) < 4.78 is 0. The van der Waals surface area contributed by atoms with Crippen molar-refractivity contribution in [2.75, 3.05) is 30.5 Å². The number of alkyl halides is 1. The Morgan fingerprint density at radius 3 is 3.08 bits per heavy atom. The van der Waals surface area contributed by atoms with Crippen LogP contribution in [0.4, 0.5) is 0 Å². The van der Waals surface area contributed by atoms with E-state index in [1.54, 1.807) is 0 Å². The zero-order chi connectivity index (χ0) is 8.81. The summed E-state index contributed by atoms with van der Waals surface area (Å²) in [6.07, 6.45) is 4.19. The van der Waals surface area contributed by atoms with Gasteiger partial charge >= 0.3 is 0 Å². The summed E-state index contributed by atoms with van der Waals surface area (Å²) in [6.45, 7) is 4.58. The van der Waals surface area contributed by atoms with E-state index in [1.165, 1.54) is 18.1 Å². The van der Waals surface area contributed by atoms with Crippen LogP contribution < -0.4 is 0 Å². The number of nitrogens with zero attached hydrogens (tertiary/aromatic N) is 1. The van der Waals surface area contributed by atoms with Crippen molar-refractivity contribution in [3.8, 4) is 0 Å². The Bertz CT molecular complexity index is 149. The molecule has 0 N–H and O–H groups in total. The van der Waals surface area contributed by atoms with E-state index in [-0.39, 0.29) is 0 Å². The quantitative estimate of drug-likeness (QED) is 0.514. The number of hydrogen-bond acceptors (Lipinski definition) is 2. The van der Waals surface area contributed by atoms with Gasteiger partial charge in [0, 0.05) is 36.5 Å². The molecule has 1 aliphatic heterocycles. The largest absolute Gasteiger partial charge is 0.295 e. The van der Waals surface area contributed by atoms with Gasteiger partial charge in [0.05, 0.1) is 0 Å². The third-order valence-electron chi connectivity index (χ3n) is 2.10. The van der Waals surface area contributed by atoms with E-state index in [0.29, 0.717) is 5.88 Å². The predicted octanol–water partition coefficient (Wildman–Crippen LogP) is 2.22. The first-order valence-electron chi connectivity index (χ1n) is 4.37. The molecule has 0 saturated carbocycles. The maximum absolute atomic E-state index is 5.55. The van der Waals surface area contributed by atoms with E-state index in [9.17, 15) is 0 Å². The zero-order valence-corrected chi connectivity index (χ0v) is 9.07. The molecule has 0 bridgehead atoms. The molecule has 0 amide bonds. The summed E-state index contributed by atoms with van der Waals surface area (Å²) in [6, 6.07) is 0.726. The Morgan fingerprint density at radius 1 is 1.58 bits per heavy atom. The summed E-state index contributed by atoms with van der Waals surface area (Å²) in [4.78, 5) is 2.50. The van der Waals surface area contributed by atoms with Gasteiger partial charge in [0.25, 0.3) is 0 Å². The monoisotopic (exact) mass is 205 g/mol. The molecule has 1 unspecified atom stereocenters. The number of allylic oxidation sites excluding steroid dienone is 1. The van der Waals surface area contributed by atoms with Gasteiger partial charge in [-0.1, -0.05) is 12.2 Å². The van der Waals surface area contributed by atoms with Gasteiger partial charge in [-0.3, -0.25) is 4.90 Å². The lowest BCUT2D eigenvalue weighted by atomic mass is 10.3. The Labute approximate surface area is 84.1 Å². The van der Waals surface area contributed by atoms with E-state index in [0.717, 1.165) is 12.6 Å². The van der Waals surface area contributed by atoms with Crippen molar-refractivity contribution in [1.29, 1.82) is 0 Å². The topological polar surface area (TPSA) is 3.24 Å². The first-order valence-corrected chi connectivity index (χ1v) is 6.06. The summed E-state index contributed by atoms with van der Waals surface area (Å²) in [5, 5.41) is 0. The van der Waals surface area contributed by atoms with Gasteiger partial charge in [0.15, 0.2) is 0 Å². The van der Waals surface area contributed by atoms with Gasteiger partial charge in [-0.05, 0) is 6.92 Å². The highest BCUT2D eigenvalue weighted by Gasteiger charge is 2.16. The fourth-order valence-electron chi connectivity index (χ4n) is 1.31. The van der Waals surface area contributed by atoms with Crippen LogP contribution in [-0.2, 0) is 0 Å². The second-order valence-electron chi connectivity index (χ2n) is 3.04. The third kappa shape index (κ3) is 3.38. The molecule has 1 atom stereocenters. The van der Waals surface area contributed by atoms with Crippen LogP contribution in [-0.4, -0.2) is 41.4 Å². The van der Waals surface area contributed by atoms with E-state index in [2.05, 4.69) is 29.7 Å². The normalized spacial score (nSPS) is 26.7. The SMILES string of the molecule is CC1CSCCN1CC=CCCl. The minimum absolute atomic E-state index is 0.636. The van der Waals surface area contributed by atoms with Crippen molar-refractivity contribution in [1.82, 2.24) is 4.90 Å². The Balaban J connectivity index is 2.24. The Hall–Kier alpha value is 0.340. The lowest BCUT2D eigenvalue weighted by Crippen LogP contribution is -2.40. The number of halogens is 1. The van der Waals surface area contributed by atoms with Crippen LogP contribution in [0.25, 0.3) is 0 Å². The molecule has 0 aromatic rings. The molecule has 0 aliphatic carbocycles. The van der Waals surface area contributed by atoms with Crippen LogP contribution in [0.2, 0.25) is 0 Å². The number of hydrogen-bond donors (Lipinski definition) is 0. The summed E-state index contributed by atoms with van der Waals surface area (Å²) in [5.74, 6) is 3.19. The molecular weight excluding hydrogens is 190 g/mol.